The van der Waals surface area contributed by atoms with Gasteiger partial charge in [0.1, 0.15) is 11.6 Å². The molecule has 1 rings (SSSR count). The molecule has 0 spiro atoms. The molecule has 1 heterocycles. The van der Waals surface area contributed by atoms with E-state index in [1.165, 1.54) is 0 Å². The monoisotopic (exact) mass is 198 g/mol. The summed E-state index contributed by atoms with van der Waals surface area (Å²) in [5.41, 5.74) is 5.57. The summed E-state index contributed by atoms with van der Waals surface area (Å²) < 4.78 is 7.08. The van der Waals surface area contributed by atoms with Crippen molar-refractivity contribution in [2.24, 2.45) is 5.73 Å². The first-order chi connectivity index (χ1) is 6.83. The number of nitrogens with two attached hydrogens (primary N) is 1. The average molecular weight is 198 g/mol. The molecule has 0 saturated carbocycles. The third-order valence-corrected chi connectivity index (χ3v) is 2.08. The summed E-state index contributed by atoms with van der Waals surface area (Å²) >= 11 is 0. The predicted molar refractivity (Wildman–Crippen MR) is 53.8 cm³/mol. The Bertz CT molecular complexity index is 272. The fourth-order valence-electron chi connectivity index (χ4n) is 1.37. The van der Waals surface area contributed by atoms with E-state index in [4.69, 9.17) is 10.5 Å². The third-order valence-electron chi connectivity index (χ3n) is 2.08. The Kier molecular flexibility index (Phi) is 4.55. The molecular weight excluding hydrogens is 180 g/mol. The number of aryl methyl sites for hydroxylation is 1. The van der Waals surface area contributed by atoms with Gasteiger partial charge in [-0.25, -0.2) is 0 Å². The van der Waals surface area contributed by atoms with Crippen molar-refractivity contribution in [3.05, 3.63) is 11.6 Å². The van der Waals surface area contributed by atoms with Gasteiger partial charge in [-0.3, -0.25) is 0 Å². The summed E-state index contributed by atoms with van der Waals surface area (Å²) in [7, 11) is 1.69. The van der Waals surface area contributed by atoms with Gasteiger partial charge in [0.25, 0.3) is 0 Å². The first kappa shape index (κ1) is 11.1. The zero-order valence-electron chi connectivity index (χ0n) is 8.86. The van der Waals surface area contributed by atoms with Crippen molar-refractivity contribution in [2.75, 3.05) is 13.7 Å². The summed E-state index contributed by atoms with van der Waals surface area (Å²) in [4.78, 5) is 0. The summed E-state index contributed by atoms with van der Waals surface area (Å²) in [5.74, 6) is 1.84. The van der Waals surface area contributed by atoms with Crippen LogP contribution in [0.2, 0.25) is 0 Å². The molecule has 0 aliphatic carbocycles. The van der Waals surface area contributed by atoms with Gasteiger partial charge in [0.15, 0.2) is 0 Å². The van der Waals surface area contributed by atoms with Crippen LogP contribution in [0.3, 0.4) is 0 Å². The van der Waals surface area contributed by atoms with E-state index in [0.29, 0.717) is 13.2 Å². The lowest BCUT2D eigenvalue weighted by molar-refractivity contribution is 0.185. The summed E-state index contributed by atoms with van der Waals surface area (Å²) in [6.07, 6.45) is 2.01. The summed E-state index contributed by atoms with van der Waals surface area (Å²) in [5, 5.41) is 8.15. The van der Waals surface area contributed by atoms with Crippen LogP contribution in [0.1, 0.15) is 25.0 Å². The molecule has 80 valence electrons. The zero-order chi connectivity index (χ0) is 10.4. The fraction of sp³-hybridized carbons (Fsp3) is 0.778. The molecule has 5 heteroatoms. The lowest BCUT2D eigenvalue weighted by Gasteiger charge is -2.07. The molecule has 0 fully saturated rings. The maximum Gasteiger partial charge on any atom is 0.146 e. The van der Waals surface area contributed by atoms with Crippen molar-refractivity contribution in [1.82, 2.24) is 14.8 Å². The van der Waals surface area contributed by atoms with Crippen LogP contribution < -0.4 is 5.73 Å². The predicted octanol–water partition coefficient (Wildman–Crippen LogP) is 0.336. The molecule has 2 N–H and O–H groups in total. The van der Waals surface area contributed by atoms with Gasteiger partial charge in [-0.1, -0.05) is 6.92 Å². The van der Waals surface area contributed by atoms with Crippen LogP contribution >= 0.6 is 0 Å². The Morgan fingerprint density at radius 3 is 2.64 bits per heavy atom. The summed E-state index contributed by atoms with van der Waals surface area (Å²) in [6, 6.07) is 0. The fourth-order valence-corrected chi connectivity index (χ4v) is 1.37. The highest BCUT2D eigenvalue weighted by Gasteiger charge is 2.08. The Morgan fingerprint density at radius 1 is 1.36 bits per heavy atom. The highest BCUT2D eigenvalue weighted by molar-refractivity contribution is 4.95. The lowest BCUT2D eigenvalue weighted by Crippen LogP contribution is -2.14. The van der Waals surface area contributed by atoms with Gasteiger partial charge in [-0.05, 0) is 6.42 Å². The number of ether oxygens (including phenoxy) is 1. The molecule has 0 aliphatic heterocycles. The van der Waals surface area contributed by atoms with Crippen molar-refractivity contribution < 1.29 is 4.74 Å². The molecule has 0 amide bonds. The van der Waals surface area contributed by atoms with Gasteiger partial charge < -0.3 is 15.0 Å². The van der Waals surface area contributed by atoms with Crippen LogP contribution in [0, 0.1) is 0 Å². The minimum atomic E-state index is 0.431. The second-order valence-electron chi connectivity index (χ2n) is 3.13. The highest BCUT2D eigenvalue weighted by atomic mass is 16.5. The quantitative estimate of drug-likeness (QED) is 0.715. The van der Waals surface area contributed by atoms with Gasteiger partial charge >= 0.3 is 0 Å². The number of aromatic nitrogens is 3. The van der Waals surface area contributed by atoms with E-state index in [1.54, 1.807) is 7.11 Å². The first-order valence-corrected chi connectivity index (χ1v) is 4.93. The van der Waals surface area contributed by atoms with Crippen LogP contribution in [0.5, 0.6) is 0 Å². The van der Waals surface area contributed by atoms with Crippen LogP contribution in [-0.2, 0) is 24.2 Å². The molecule has 1 aromatic heterocycles. The number of nitrogens with zero attached hydrogens (tertiary/aromatic N) is 3. The minimum Gasteiger partial charge on any atom is -0.383 e. The Labute approximate surface area is 84.3 Å². The number of rotatable bonds is 6. The topological polar surface area (TPSA) is 66.0 Å². The third kappa shape index (κ3) is 2.52. The second-order valence-corrected chi connectivity index (χ2v) is 3.13. The van der Waals surface area contributed by atoms with Gasteiger partial charge in [0, 0.05) is 20.1 Å². The summed E-state index contributed by atoms with van der Waals surface area (Å²) in [6.45, 7) is 4.00. The minimum absolute atomic E-state index is 0.431. The van der Waals surface area contributed by atoms with Crippen LogP contribution in [0.4, 0.5) is 0 Å². The van der Waals surface area contributed by atoms with Crippen molar-refractivity contribution >= 4 is 0 Å². The molecule has 0 unspecified atom stereocenters. The smallest absolute Gasteiger partial charge is 0.146 e. The van der Waals surface area contributed by atoms with E-state index in [1.807, 2.05) is 4.57 Å². The molecule has 0 atom stereocenters. The van der Waals surface area contributed by atoms with E-state index in [0.717, 1.165) is 31.0 Å². The lowest BCUT2D eigenvalue weighted by atomic mass is 10.3. The van der Waals surface area contributed by atoms with Gasteiger partial charge in [0.2, 0.25) is 0 Å². The highest BCUT2D eigenvalue weighted by Crippen LogP contribution is 2.04. The van der Waals surface area contributed by atoms with Crippen molar-refractivity contribution in [3.8, 4) is 0 Å². The number of methoxy groups -OCH3 is 1. The van der Waals surface area contributed by atoms with E-state index < -0.39 is 0 Å². The molecule has 0 aliphatic rings. The van der Waals surface area contributed by atoms with Crippen LogP contribution in [0.15, 0.2) is 0 Å². The van der Waals surface area contributed by atoms with E-state index in [9.17, 15) is 0 Å². The zero-order valence-corrected chi connectivity index (χ0v) is 8.86. The van der Waals surface area contributed by atoms with E-state index >= 15 is 0 Å². The maximum absolute atomic E-state index is 5.57. The molecule has 0 radical (unpaired) electrons. The number of hydrogen-bond acceptors (Lipinski definition) is 4. The first-order valence-electron chi connectivity index (χ1n) is 4.93. The molecule has 0 aromatic carbocycles. The van der Waals surface area contributed by atoms with E-state index in [2.05, 4.69) is 17.1 Å². The van der Waals surface area contributed by atoms with Gasteiger partial charge in [-0.15, -0.1) is 10.2 Å². The van der Waals surface area contributed by atoms with Gasteiger partial charge in [0.05, 0.1) is 13.2 Å². The number of hydrogen-bond donors (Lipinski definition) is 1. The Morgan fingerprint density at radius 2 is 2.07 bits per heavy atom. The van der Waals surface area contributed by atoms with Crippen LogP contribution in [0.25, 0.3) is 0 Å². The SMILES string of the molecule is CCCc1nnc(CN)n1CCOC. The van der Waals surface area contributed by atoms with Crippen molar-refractivity contribution in [2.45, 2.75) is 32.9 Å². The maximum atomic E-state index is 5.57. The average Bonchev–Trinajstić information content (AvgIpc) is 2.58. The Hall–Kier alpha value is -0.940. The Balaban J connectivity index is 2.76. The van der Waals surface area contributed by atoms with Crippen LogP contribution in [-0.4, -0.2) is 28.5 Å². The standard InChI is InChI=1S/C9H18N4O/c1-3-4-8-11-12-9(7-10)13(8)5-6-14-2/h3-7,10H2,1-2H3. The molecule has 0 bridgehead atoms. The normalized spacial score (nSPS) is 10.8. The molecular formula is C9H18N4O. The second kappa shape index (κ2) is 5.72. The van der Waals surface area contributed by atoms with E-state index in [-0.39, 0.29) is 0 Å². The molecule has 0 saturated heterocycles. The molecule has 14 heavy (non-hydrogen) atoms. The largest absolute Gasteiger partial charge is 0.383 e. The molecule has 5 nitrogen and oxygen atoms in total. The van der Waals surface area contributed by atoms with Crippen molar-refractivity contribution in [3.63, 3.8) is 0 Å². The molecule has 1 aromatic rings. The van der Waals surface area contributed by atoms with Crippen molar-refractivity contribution in [1.29, 1.82) is 0 Å². The van der Waals surface area contributed by atoms with Gasteiger partial charge in [-0.2, -0.15) is 0 Å².